The zero-order valence-electron chi connectivity index (χ0n) is 13.6. The summed E-state index contributed by atoms with van der Waals surface area (Å²) >= 11 is 7.10. The number of anilines is 1. The summed E-state index contributed by atoms with van der Waals surface area (Å²) in [4.78, 5) is 26.8. The molecule has 0 spiro atoms. The first kappa shape index (κ1) is 17.0. The molecular weight excluding hydrogens is 346 g/mol. The Labute approximate surface area is 150 Å². The molecule has 1 fully saturated rings. The lowest BCUT2D eigenvalue weighted by Gasteiger charge is -2.15. The van der Waals surface area contributed by atoms with Crippen molar-refractivity contribution >= 4 is 40.2 Å². The van der Waals surface area contributed by atoms with Crippen LogP contribution in [-0.2, 0) is 4.79 Å². The molecule has 0 radical (unpaired) electrons. The Bertz CT molecular complexity index is 780. The van der Waals surface area contributed by atoms with Gasteiger partial charge in [0.2, 0.25) is 5.91 Å². The van der Waals surface area contributed by atoms with Crippen molar-refractivity contribution in [3.05, 3.63) is 29.3 Å². The van der Waals surface area contributed by atoms with Gasteiger partial charge in [0, 0.05) is 37.5 Å². The molecule has 0 unspecified atom stereocenters. The summed E-state index contributed by atoms with van der Waals surface area (Å²) in [5, 5.41) is 5.12. The third-order valence-electron chi connectivity index (χ3n) is 3.89. The van der Waals surface area contributed by atoms with E-state index in [1.54, 1.807) is 12.1 Å². The monoisotopic (exact) mass is 363 g/mol. The number of hydrogen-bond donors (Lipinski definition) is 0. The van der Waals surface area contributed by atoms with E-state index in [4.69, 9.17) is 11.6 Å². The van der Waals surface area contributed by atoms with Crippen LogP contribution in [-0.4, -0.2) is 33.9 Å². The van der Waals surface area contributed by atoms with Crippen LogP contribution in [0.2, 0.25) is 5.02 Å². The average molecular weight is 364 g/mol. The first-order chi connectivity index (χ1) is 11.5. The summed E-state index contributed by atoms with van der Waals surface area (Å²) < 4.78 is 1.39. The molecule has 5 nitrogen and oxygen atoms in total. The second-order valence-corrected chi connectivity index (χ2v) is 7.35. The molecule has 3 rings (SSSR count). The molecule has 0 aliphatic carbocycles. The van der Waals surface area contributed by atoms with Crippen LogP contribution in [0.5, 0.6) is 0 Å². The fraction of sp³-hybridized carbons (Fsp3) is 0.353. The number of nitrogens with zero attached hydrogens (tertiary/aromatic N) is 3. The Morgan fingerprint density at radius 3 is 2.29 bits per heavy atom. The van der Waals surface area contributed by atoms with Crippen molar-refractivity contribution in [2.75, 3.05) is 18.0 Å². The fourth-order valence-corrected chi connectivity index (χ4v) is 3.83. The van der Waals surface area contributed by atoms with Gasteiger partial charge in [0.05, 0.1) is 10.6 Å². The second kappa shape index (κ2) is 6.99. The Hall–Kier alpha value is -1.79. The maximum atomic E-state index is 12.1. The topological polar surface area (TPSA) is 55.2 Å². The maximum Gasteiger partial charge on any atom is 0.244 e. The maximum absolute atomic E-state index is 12.1. The molecule has 7 heteroatoms. The molecule has 0 saturated carbocycles. The van der Waals surface area contributed by atoms with E-state index >= 15 is 0 Å². The highest BCUT2D eigenvalue weighted by molar-refractivity contribution is 8.13. The number of thioether (sulfide) groups is 1. The number of benzene rings is 1. The van der Waals surface area contributed by atoms with Gasteiger partial charge in [0.15, 0.2) is 10.9 Å². The van der Waals surface area contributed by atoms with Crippen molar-refractivity contribution in [2.24, 2.45) is 0 Å². The van der Waals surface area contributed by atoms with E-state index < -0.39 is 0 Å². The molecule has 24 heavy (non-hydrogen) atoms. The quantitative estimate of drug-likeness (QED) is 0.768. The predicted octanol–water partition coefficient (Wildman–Crippen LogP) is 4.10. The third-order valence-corrected chi connectivity index (χ3v) is 5.01. The first-order valence-corrected chi connectivity index (χ1v) is 9.00. The number of hydrogen-bond acceptors (Lipinski definition) is 5. The van der Waals surface area contributed by atoms with Crippen molar-refractivity contribution in [2.45, 2.75) is 31.6 Å². The van der Waals surface area contributed by atoms with Gasteiger partial charge < -0.3 is 4.90 Å². The van der Waals surface area contributed by atoms with Crippen LogP contribution in [0.25, 0.3) is 11.3 Å². The minimum absolute atomic E-state index is 0.0336. The molecule has 1 saturated heterocycles. The predicted molar refractivity (Wildman–Crippen MR) is 97.0 cm³/mol. The van der Waals surface area contributed by atoms with Crippen LogP contribution in [0.3, 0.4) is 0 Å². The minimum Gasteiger partial charge on any atom is -0.354 e. The molecule has 0 amide bonds. The van der Waals surface area contributed by atoms with E-state index in [0.717, 1.165) is 48.2 Å². The summed E-state index contributed by atoms with van der Waals surface area (Å²) in [6.07, 6.45) is 2.18. The summed E-state index contributed by atoms with van der Waals surface area (Å²) in [7, 11) is 0. The van der Waals surface area contributed by atoms with E-state index in [0.29, 0.717) is 16.5 Å². The molecule has 1 aromatic carbocycles. The molecule has 0 bridgehead atoms. The highest BCUT2D eigenvalue weighted by Gasteiger charge is 2.27. The Kier molecular flexibility index (Phi) is 4.96. The van der Waals surface area contributed by atoms with Crippen molar-refractivity contribution in [1.29, 1.82) is 0 Å². The second-order valence-electron chi connectivity index (χ2n) is 5.73. The van der Waals surface area contributed by atoms with E-state index in [-0.39, 0.29) is 11.0 Å². The van der Waals surface area contributed by atoms with Gasteiger partial charge in [-0.05, 0) is 36.7 Å². The van der Waals surface area contributed by atoms with E-state index in [2.05, 4.69) is 10.00 Å². The molecule has 2 heterocycles. The molecule has 126 valence electrons. The van der Waals surface area contributed by atoms with Crippen LogP contribution >= 0.6 is 23.4 Å². The molecular formula is C17H18ClN3O2S. The minimum atomic E-state index is -0.184. The molecule has 0 N–H and O–H groups in total. The normalized spacial score (nSPS) is 14.2. The summed E-state index contributed by atoms with van der Waals surface area (Å²) in [5.74, 6) is 0.531. The van der Waals surface area contributed by atoms with Crippen LogP contribution < -0.4 is 4.90 Å². The van der Waals surface area contributed by atoms with Crippen molar-refractivity contribution < 1.29 is 9.59 Å². The van der Waals surface area contributed by atoms with Gasteiger partial charge in [-0.3, -0.25) is 9.59 Å². The van der Waals surface area contributed by atoms with Gasteiger partial charge in [-0.2, -0.15) is 4.68 Å². The fourth-order valence-electron chi connectivity index (χ4n) is 2.85. The smallest absolute Gasteiger partial charge is 0.244 e. The van der Waals surface area contributed by atoms with Gasteiger partial charge in [-0.25, -0.2) is 0 Å². The summed E-state index contributed by atoms with van der Waals surface area (Å²) in [5.41, 5.74) is 1.47. The van der Waals surface area contributed by atoms with Gasteiger partial charge in [-0.1, -0.05) is 23.7 Å². The molecule has 1 aliphatic heterocycles. The molecule has 0 atom stereocenters. The van der Waals surface area contributed by atoms with Gasteiger partial charge in [0.1, 0.15) is 0 Å². The summed E-state index contributed by atoms with van der Waals surface area (Å²) in [6.45, 7) is 4.78. The average Bonchev–Trinajstić information content (AvgIpc) is 3.15. The SMILES string of the molecule is CC(=O)Sc1c(N2CCCC2)nn(C(C)=O)c1-c1ccc(Cl)cc1. The first-order valence-electron chi connectivity index (χ1n) is 7.80. The number of carbonyl (C=O) groups excluding carboxylic acids is 2. The number of halogens is 1. The number of aromatic nitrogens is 2. The zero-order valence-corrected chi connectivity index (χ0v) is 15.2. The zero-order chi connectivity index (χ0) is 17.3. The highest BCUT2D eigenvalue weighted by Crippen LogP contribution is 2.40. The van der Waals surface area contributed by atoms with Gasteiger partial charge in [-0.15, -0.1) is 5.10 Å². The standard InChI is InChI=1S/C17H18ClN3O2S/c1-11(22)21-15(13-5-7-14(18)8-6-13)16(24-12(2)23)17(19-21)20-9-3-4-10-20/h5-8H,3-4,9-10H2,1-2H3. The van der Waals surface area contributed by atoms with E-state index in [9.17, 15) is 9.59 Å². The van der Waals surface area contributed by atoms with Gasteiger partial charge >= 0.3 is 0 Å². The lowest BCUT2D eigenvalue weighted by atomic mass is 10.1. The Balaban J connectivity index is 2.21. The van der Waals surface area contributed by atoms with Crippen molar-refractivity contribution in [1.82, 2.24) is 9.78 Å². The van der Waals surface area contributed by atoms with Crippen molar-refractivity contribution in [3.63, 3.8) is 0 Å². The summed E-state index contributed by atoms with van der Waals surface area (Å²) in [6, 6.07) is 7.23. The molecule has 1 aromatic heterocycles. The lowest BCUT2D eigenvalue weighted by Crippen LogP contribution is -2.19. The Morgan fingerprint density at radius 1 is 1.12 bits per heavy atom. The van der Waals surface area contributed by atoms with Gasteiger partial charge in [0.25, 0.3) is 0 Å². The van der Waals surface area contributed by atoms with Crippen LogP contribution in [0.1, 0.15) is 31.5 Å². The van der Waals surface area contributed by atoms with Crippen LogP contribution in [0.4, 0.5) is 5.82 Å². The molecule has 2 aromatic rings. The lowest BCUT2D eigenvalue weighted by molar-refractivity contribution is -0.109. The van der Waals surface area contributed by atoms with E-state index in [1.165, 1.54) is 18.5 Å². The van der Waals surface area contributed by atoms with Crippen LogP contribution in [0.15, 0.2) is 29.2 Å². The Morgan fingerprint density at radius 2 is 1.75 bits per heavy atom. The van der Waals surface area contributed by atoms with E-state index in [1.807, 2.05) is 12.1 Å². The number of rotatable bonds is 3. The van der Waals surface area contributed by atoms with Crippen molar-refractivity contribution in [3.8, 4) is 11.3 Å². The largest absolute Gasteiger partial charge is 0.354 e. The number of carbonyl (C=O) groups is 2. The highest BCUT2D eigenvalue weighted by atomic mass is 35.5. The van der Waals surface area contributed by atoms with Crippen LogP contribution in [0, 0.1) is 0 Å². The molecule has 1 aliphatic rings. The third kappa shape index (κ3) is 3.35.